The van der Waals surface area contributed by atoms with Gasteiger partial charge < -0.3 is 5.32 Å². The lowest BCUT2D eigenvalue weighted by molar-refractivity contribution is 0.578. The molecule has 0 amide bonds. The van der Waals surface area contributed by atoms with Crippen LogP contribution in [0.2, 0.25) is 0 Å². The van der Waals surface area contributed by atoms with Gasteiger partial charge in [-0.05, 0) is 42.3 Å². The fourth-order valence-corrected chi connectivity index (χ4v) is 3.40. The van der Waals surface area contributed by atoms with Crippen LogP contribution < -0.4 is 5.32 Å². The Morgan fingerprint density at radius 3 is 2.71 bits per heavy atom. The topological polar surface area (TPSA) is 24.9 Å². The zero-order chi connectivity index (χ0) is 14.1. The predicted molar refractivity (Wildman–Crippen MR) is 86.3 cm³/mol. The largest absolute Gasteiger partial charge is 0.309 e. The summed E-state index contributed by atoms with van der Waals surface area (Å²) >= 11 is 0. The highest BCUT2D eigenvalue weighted by atomic mass is 15.0. The molecule has 3 aromatic rings. The lowest BCUT2D eigenvalue weighted by Gasteiger charge is -2.20. The third-order valence-electron chi connectivity index (χ3n) is 4.44. The smallest absolute Gasteiger partial charge is 0.0702 e. The number of nitrogens with zero attached hydrogens (tertiary/aromatic N) is 1. The van der Waals surface area contributed by atoms with Crippen molar-refractivity contribution in [3.8, 4) is 0 Å². The molecule has 0 radical (unpaired) electrons. The normalized spacial score (nSPS) is 21.7. The van der Waals surface area contributed by atoms with Crippen molar-refractivity contribution >= 4 is 10.9 Å². The zero-order valence-corrected chi connectivity index (χ0v) is 11.9. The first-order chi connectivity index (χ1) is 10.4. The number of benzene rings is 2. The Kier molecular flexibility index (Phi) is 3.17. The van der Waals surface area contributed by atoms with Gasteiger partial charge in [0.15, 0.2) is 0 Å². The molecular weight excluding hydrogens is 256 g/mol. The molecule has 1 aromatic heterocycles. The molecule has 1 aliphatic rings. The summed E-state index contributed by atoms with van der Waals surface area (Å²) in [6, 6.07) is 22.0. The van der Waals surface area contributed by atoms with Crippen molar-refractivity contribution in [2.45, 2.75) is 18.4 Å². The Labute approximate surface area is 124 Å². The van der Waals surface area contributed by atoms with Crippen molar-refractivity contribution in [3.05, 3.63) is 78.0 Å². The molecule has 104 valence electrons. The number of nitrogens with one attached hydrogen (secondary N) is 1. The van der Waals surface area contributed by atoms with E-state index in [0.29, 0.717) is 12.0 Å². The van der Waals surface area contributed by atoms with E-state index in [-0.39, 0.29) is 0 Å². The van der Waals surface area contributed by atoms with Gasteiger partial charge in [0.05, 0.1) is 5.52 Å². The van der Waals surface area contributed by atoms with Crippen LogP contribution in [0, 0.1) is 0 Å². The second-order valence-corrected chi connectivity index (χ2v) is 5.69. The SMILES string of the molecule is c1ccc(C2NCCC2c2ccc3ncccc3c2)cc1. The van der Waals surface area contributed by atoms with Crippen molar-refractivity contribution in [1.29, 1.82) is 0 Å². The lowest BCUT2D eigenvalue weighted by atomic mass is 9.87. The van der Waals surface area contributed by atoms with Gasteiger partial charge in [-0.3, -0.25) is 4.98 Å². The highest BCUT2D eigenvalue weighted by molar-refractivity contribution is 5.79. The minimum Gasteiger partial charge on any atom is -0.309 e. The van der Waals surface area contributed by atoms with Crippen LogP contribution in [0.5, 0.6) is 0 Å². The van der Waals surface area contributed by atoms with Crippen LogP contribution in [-0.2, 0) is 0 Å². The van der Waals surface area contributed by atoms with E-state index in [1.807, 2.05) is 12.3 Å². The highest BCUT2D eigenvalue weighted by Gasteiger charge is 2.29. The molecule has 2 atom stereocenters. The molecule has 0 bridgehead atoms. The number of hydrogen-bond donors (Lipinski definition) is 1. The van der Waals surface area contributed by atoms with Crippen LogP contribution in [0.1, 0.15) is 29.5 Å². The van der Waals surface area contributed by atoms with Gasteiger partial charge in [-0.2, -0.15) is 0 Å². The summed E-state index contributed by atoms with van der Waals surface area (Å²) in [5.41, 5.74) is 3.86. The first-order valence-electron chi connectivity index (χ1n) is 7.55. The number of rotatable bonds is 2. The molecule has 1 N–H and O–H groups in total. The van der Waals surface area contributed by atoms with Crippen molar-refractivity contribution in [3.63, 3.8) is 0 Å². The first kappa shape index (κ1) is 12.5. The average Bonchev–Trinajstić information content (AvgIpc) is 3.05. The van der Waals surface area contributed by atoms with Crippen molar-refractivity contribution < 1.29 is 0 Å². The second-order valence-electron chi connectivity index (χ2n) is 5.69. The Balaban J connectivity index is 1.73. The predicted octanol–water partition coefficient (Wildman–Crippen LogP) is 4.05. The number of aromatic nitrogens is 1. The molecule has 1 aliphatic heterocycles. The standard InChI is InChI=1S/C19H18N2/c1-2-5-14(6-3-1)19-17(10-12-21-19)15-8-9-18-16(13-15)7-4-11-20-18/h1-9,11,13,17,19,21H,10,12H2. The summed E-state index contributed by atoms with van der Waals surface area (Å²) < 4.78 is 0. The van der Waals surface area contributed by atoms with Gasteiger partial charge in [-0.1, -0.05) is 42.5 Å². The summed E-state index contributed by atoms with van der Waals surface area (Å²) in [4.78, 5) is 4.41. The number of pyridine rings is 1. The Morgan fingerprint density at radius 2 is 1.81 bits per heavy atom. The van der Waals surface area contributed by atoms with Gasteiger partial charge >= 0.3 is 0 Å². The number of fused-ring (bicyclic) bond motifs is 1. The fraction of sp³-hybridized carbons (Fsp3) is 0.211. The zero-order valence-electron chi connectivity index (χ0n) is 11.9. The van der Waals surface area contributed by atoms with E-state index in [1.54, 1.807) is 0 Å². The molecule has 1 saturated heterocycles. The summed E-state index contributed by atoms with van der Waals surface area (Å²) in [5, 5.41) is 4.88. The molecule has 0 spiro atoms. The monoisotopic (exact) mass is 274 g/mol. The van der Waals surface area contributed by atoms with Crippen LogP contribution in [0.25, 0.3) is 10.9 Å². The molecule has 2 heteroatoms. The minimum atomic E-state index is 0.417. The molecule has 1 fully saturated rings. The van der Waals surface area contributed by atoms with E-state index in [1.165, 1.54) is 22.9 Å². The van der Waals surface area contributed by atoms with Gasteiger partial charge in [-0.15, -0.1) is 0 Å². The molecular formula is C19H18N2. The molecule has 2 nitrogen and oxygen atoms in total. The Bertz CT molecular complexity index is 752. The summed E-state index contributed by atoms with van der Waals surface area (Å²) in [5.74, 6) is 0.539. The molecule has 2 aromatic carbocycles. The highest BCUT2D eigenvalue weighted by Crippen LogP contribution is 2.38. The van der Waals surface area contributed by atoms with Gasteiger partial charge in [0.2, 0.25) is 0 Å². The van der Waals surface area contributed by atoms with Gasteiger partial charge in [-0.25, -0.2) is 0 Å². The second kappa shape index (κ2) is 5.30. The van der Waals surface area contributed by atoms with E-state index in [4.69, 9.17) is 0 Å². The van der Waals surface area contributed by atoms with Gasteiger partial charge in [0.1, 0.15) is 0 Å². The molecule has 0 aliphatic carbocycles. The lowest BCUT2D eigenvalue weighted by Crippen LogP contribution is -2.16. The third kappa shape index (κ3) is 2.32. The minimum absolute atomic E-state index is 0.417. The van der Waals surface area contributed by atoms with Gasteiger partial charge in [0.25, 0.3) is 0 Å². The maximum absolute atomic E-state index is 4.41. The molecule has 2 unspecified atom stereocenters. The molecule has 2 heterocycles. The molecule has 4 rings (SSSR count). The maximum atomic E-state index is 4.41. The number of hydrogen-bond acceptors (Lipinski definition) is 2. The molecule has 0 saturated carbocycles. The molecule has 21 heavy (non-hydrogen) atoms. The van der Waals surface area contributed by atoms with E-state index in [0.717, 1.165) is 12.1 Å². The first-order valence-corrected chi connectivity index (χ1v) is 7.55. The third-order valence-corrected chi connectivity index (χ3v) is 4.44. The van der Waals surface area contributed by atoms with Crippen LogP contribution in [-0.4, -0.2) is 11.5 Å². The van der Waals surface area contributed by atoms with Crippen LogP contribution in [0.15, 0.2) is 66.9 Å². The van der Waals surface area contributed by atoms with Crippen molar-refractivity contribution in [2.24, 2.45) is 0 Å². The fourth-order valence-electron chi connectivity index (χ4n) is 3.40. The van der Waals surface area contributed by atoms with E-state index < -0.39 is 0 Å². The van der Waals surface area contributed by atoms with Crippen LogP contribution in [0.3, 0.4) is 0 Å². The van der Waals surface area contributed by atoms with Crippen LogP contribution in [0.4, 0.5) is 0 Å². The van der Waals surface area contributed by atoms with Crippen LogP contribution >= 0.6 is 0 Å². The van der Waals surface area contributed by atoms with E-state index in [9.17, 15) is 0 Å². The van der Waals surface area contributed by atoms with Crippen molar-refractivity contribution in [2.75, 3.05) is 6.54 Å². The quantitative estimate of drug-likeness (QED) is 0.762. The Morgan fingerprint density at radius 1 is 0.905 bits per heavy atom. The summed E-state index contributed by atoms with van der Waals surface area (Å²) in [6.45, 7) is 1.08. The van der Waals surface area contributed by atoms with E-state index in [2.05, 4.69) is 64.9 Å². The summed E-state index contributed by atoms with van der Waals surface area (Å²) in [7, 11) is 0. The maximum Gasteiger partial charge on any atom is 0.0702 e. The van der Waals surface area contributed by atoms with E-state index >= 15 is 0 Å². The average molecular weight is 274 g/mol. The Hall–Kier alpha value is -2.19. The summed E-state index contributed by atoms with van der Waals surface area (Å²) in [6.07, 6.45) is 3.04. The van der Waals surface area contributed by atoms with Crippen molar-refractivity contribution in [1.82, 2.24) is 10.3 Å². The van der Waals surface area contributed by atoms with Gasteiger partial charge in [0, 0.05) is 23.5 Å².